The smallest absolute Gasteiger partial charge is 0.287 e. The number of para-hydroxylation sites is 2. The van der Waals surface area contributed by atoms with Gasteiger partial charge in [-0.05, 0) is 49.1 Å². The number of hydrogen-bond donors (Lipinski definition) is 2. The van der Waals surface area contributed by atoms with Crippen molar-refractivity contribution in [1.82, 2.24) is 24.8 Å². The number of aromatic amines is 1. The number of benzene rings is 1. The fourth-order valence-electron chi connectivity index (χ4n) is 4.48. The topological polar surface area (TPSA) is 113 Å². The average molecular weight is 524 g/mol. The first-order valence-electron chi connectivity index (χ1n) is 11.1. The van der Waals surface area contributed by atoms with Crippen LogP contribution in [0.2, 0.25) is 0 Å². The first kappa shape index (κ1) is 23.8. The largest absolute Gasteiger partial charge is 0.369 e. The number of nitrogens with zero attached hydrogens (tertiary/aromatic N) is 5. The van der Waals surface area contributed by atoms with Crippen molar-refractivity contribution >= 4 is 39.5 Å². The molecule has 4 aromatic rings. The Morgan fingerprint density at radius 2 is 2.03 bits per heavy atom. The molecule has 1 atom stereocenters. The van der Waals surface area contributed by atoms with Crippen LogP contribution in [0.1, 0.15) is 36.0 Å². The molecular formula is C24H26BrN7O2. The summed E-state index contributed by atoms with van der Waals surface area (Å²) < 4.78 is 0. The van der Waals surface area contributed by atoms with E-state index < -0.39 is 4.92 Å². The first-order valence-corrected chi connectivity index (χ1v) is 11.1. The van der Waals surface area contributed by atoms with E-state index in [1.807, 2.05) is 36.5 Å². The molecule has 0 aliphatic heterocycles. The number of aromatic nitrogens is 4. The van der Waals surface area contributed by atoms with Crippen LogP contribution in [0.3, 0.4) is 0 Å². The Labute approximate surface area is 207 Å². The highest BCUT2D eigenvalue weighted by molar-refractivity contribution is 8.93. The van der Waals surface area contributed by atoms with Crippen molar-refractivity contribution in [3.05, 3.63) is 88.1 Å². The van der Waals surface area contributed by atoms with Crippen molar-refractivity contribution in [2.45, 2.75) is 31.8 Å². The molecule has 0 saturated carbocycles. The number of hydrogen-bond acceptors (Lipinski definition) is 7. The van der Waals surface area contributed by atoms with E-state index in [-0.39, 0.29) is 28.7 Å². The summed E-state index contributed by atoms with van der Waals surface area (Å²) in [5.74, 6) is 1.54. The lowest BCUT2D eigenvalue weighted by atomic mass is 9.91. The second-order valence-corrected chi connectivity index (χ2v) is 8.21. The summed E-state index contributed by atoms with van der Waals surface area (Å²) in [7, 11) is 0. The highest BCUT2D eigenvalue weighted by Gasteiger charge is 2.27. The molecule has 0 radical (unpaired) electrons. The number of imidazole rings is 1. The fourth-order valence-corrected chi connectivity index (χ4v) is 4.48. The number of nitro groups is 1. The Kier molecular flexibility index (Phi) is 7.49. The van der Waals surface area contributed by atoms with Gasteiger partial charge in [0.25, 0.3) is 5.69 Å². The van der Waals surface area contributed by atoms with Crippen molar-refractivity contribution in [2.24, 2.45) is 0 Å². The molecule has 9 nitrogen and oxygen atoms in total. The van der Waals surface area contributed by atoms with Crippen LogP contribution in [-0.2, 0) is 13.0 Å². The zero-order valence-electron chi connectivity index (χ0n) is 18.6. The molecule has 10 heteroatoms. The molecule has 0 saturated heterocycles. The van der Waals surface area contributed by atoms with Gasteiger partial charge in [0.2, 0.25) is 0 Å². The zero-order valence-corrected chi connectivity index (χ0v) is 20.3. The number of halogens is 1. The summed E-state index contributed by atoms with van der Waals surface area (Å²) in [5, 5.41) is 14.1. The maximum absolute atomic E-state index is 10.9. The quantitative estimate of drug-likeness (QED) is 0.251. The van der Waals surface area contributed by atoms with Gasteiger partial charge < -0.3 is 10.3 Å². The Morgan fingerprint density at radius 3 is 2.82 bits per heavy atom. The Balaban J connectivity index is 0.00000274. The third-order valence-corrected chi connectivity index (χ3v) is 6.06. The molecular weight excluding hydrogens is 498 g/mol. The minimum absolute atomic E-state index is 0. The van der Waals surface area contributed by atoms with Gasteiger partial charge in [-0.1, -0.05) is 18.2 Å². The van der Waals surface area contributed by atoms with Crippen LogP contribution in [-0.4, -0.2) is 42.8 Å². The molecule has 34 heavy (non-hydrogen) atoms. The number of H-pyrrole nitrogens is 1. The van der Waals surface area contributed by atoms with Crippen LogP contribution in [0.15, 0.2) is 60.9 Å². The van der Waals surface area contributed by atoms with Crippen LogP contribution in [0.4, 0.5) is 11.5 Å². The van der Waals surface area contributed by atoms with Crippen LogP contribution >= 0.6 is 17.0 Å². The number of anilines is 1. The van der Waals surface area contributed by atoms with Gasteiger partial charge in [0.1, 0.15) is 17.8 Å². The summed E-state index contributed by atoms with van der Waals surface area (Å²) in [6.07, 6.45) is 6.37. The Morgan fingerprint density at radius 1 is 1.15 bits per heavy atom. The Bertz CT molecular complexity index is 1230. The van der Waals surface area contributed by atoms with Crippen LogP contribution in [0.5, 0.6) is 0 Å². The molecule has 1 aliphatic rings. The fraction of sp³-hybridized carbons (Fsp3) is 0.292. The lowest BCUT2D eigenvalue weighted by molar-refractivity contribution is -0.385. The average Bonchev–Trinajstić information content (AvgIpc) is 3.26. The molecule has 0 amide bonds. The van der Waals surface area contributed by atoms with Gasteiger partial charge in [0.05, 0.1) is 34.2 Å². The summed E-state index contributed by atoms with van der Waals surface area (Å²) in [5.41, 5.74) is 4.43. The monoisotopic (exact) mass is 523 g/mol. The van der Waals surface area contributed by atoms with E-state index in [0.717, 1.165) is 48.4 Å². The number of aryl methyl sites for hydroxylation is 1. The second-order valence-electron chi connectivity index (χ2n) is 8.21. The normalized spacial score (nSPS) is 15.0. The molecule has 3 heterocycles. The molecule has 5 rings (SSSR count). The summed E-state index contributed by atoms with van der Waals surface area (Å²) >= 11 is 0. The third kappa shape index (κ3) is 5.23. The zero-order chi connectivity index (χ0) is 22.6. The molecule has 1 unspecified atom stereocenters. The SMILES string of the molecule is Br.O=[N+]([O-])c1ccc(NCCN(Cc2nc3ccccc3[nH]2)C2CCCc3cccnc32)nc1. The van der Waals surface area contributed by atoms with Crippen molar-refractivity contribution in [1.29, 1.82) is 0 Å². The highest BCUT2D eigenvalue weighted by Crippen LogP contribution is 2.33. The van der Waals surface area contributed by atoms with Crippen LogP contribution in [0.25, 0.3) is 11.0 Å². The maximum atomic E-state index is 10.9. The highest BCUT2D eigenvalue weighted by atomic mass is 79.9. The van der Waals surface area contributed by atoms with Crippen LogP contribution in [0, 0.1) is 10.1 Å². The van der Waals surface area contributed by atoms with E-state index in [0.29, 0.717) is 18.9 Å². The third-order valence-electron chi connectivity index (χ3n) is 6.06. The molecule has 176 valence electrons. The standard InChI is InChI=1S/C24H25N7O2.BrH/c32-31(33)18-10-11-22(27-15-18)25-13-14-30(16-23-28-19-7-1-2-8-20(19)29-23)21-9-3-5-17-6-4-12-26-24(17)21;/h1-2,4,6-8,10-12,15,21H,3,5,9,13-14,16H2,(H,25,27)(H,28,29);1H. The number of nitrogens with one attached hydrogen (secondary N) is 2. The predicted molar refractivity (Wildman–Crippen MR) is 136 cm³/mol. The van der Waals surface area contributed by atoms with Gasteiger partial charge in [0.15, 0.2) is 0 Å². The molecule has 1 aliphatic carbocycles. The van der Waals surface area contributed by atoms with E-state index in [4.69, 9.17) is 9.97 Å². The van der Waals surface area contributed by atoms with E-state index in [1.54, 1.807) is 6.07 Å². The lowest BCUT2D eigenvalue weighted by Crippen LogP contribution is -2.35. The molecule has 0 fully saturated rings. The molecule has 2 N–H and O–H groups in total. The van der Waals surface area contributed by atoms with Gasteiger partial charge in [-0.25, -0.2) is 9.97 Å². The van der Waals surface area contributed by atoms with Crippen LogP contribution < -0.4 is 5.32 Å². The summed E-state index contributed by atoms with van der Waals surface area (Å²) in [6.45, 7) is 2.06. The molecule has 1 aromatic carbocycles. The lowest BCUT2D eigenvalue weighted by Gasteiger charge is -2.34. The van der Waals surface area contributed by atoms with Crippen molar-refractivity contribution in [2.75, 3.05) is 18.4 Å². The van der Waals surface area contributed by atoms with Crippen molar-refractivity contribution in [3.8, 4) is 0 Å². The maximum Gasteiger partial charge on any atom is 0.287 e. The predicted octanol–water partition coefficient (Wildman–Crippen LogP) is 4.83. The van der Waals surface area contributed by atoms with Gasteiger partial charge in [0, 0.05) is 25.4 Å². The van der Waals surface area contributed by atoms with Gasteiger partial charge in [-0.3, -0.25) is 20.0 Å². The molecule has 0 bridgehead atoms. The van der Waals surface area contributed by atoms with Crippen molar-refractivity contribution in [3.63, 3.8) is 0 Å². The van der Waals surface area contributed by atoms with E-state index in [9.17, 15) is 10.1 Å². The van der Waals surface area contributed by atoms with Gasteiger partial charge in [-0.2, -0.15) is 0 Å². The summed E-state index contributed by atoms with van der Waals surface area (Å²) in [6, 6.07) is 15.5. The van der Waals surface area contributed by atoms with E-state index in [1.165, 1.54) is 17.8 Å². The number of pyridine rings is 2. The number of rotatable bonds is 8. The minimum atomic E-state index is -0.445. The first-order chi connectivity index (χ1) is 16.2. The second kappa shape index (κ2) is 10.7. The van der Waals surface area contributed by atoms with Crippen molar-refractivity contribution < 1.29 is 4.92 Å². The van der Waals surface area contributed by atoms with E-state index >= 15 is 0 Å². The van der Waals surface area contributed by atoms with Gasteiger partial charge in [-0.15, -0.1) is 17.0 Å². The number of fused-ring (bicyclic) bond motifs is 2. The minimum Gasteiger partial charge on any atom is -0.369 e. The van der Waals surface area contributed by atoms with E-state index in [2.05, 4.69) is 26.3 Å². The Hall–Kier alpha value is -3.37. The molecule has 3 aromatic heterocycles. The molecule has 0 spiro atoms. The van der Waals surface area contributed by atoms with Gasteiger partial charge >= 0.3 is 0 Å². The summed E-state index contributed by atoms with van der Waals surface area (Å²) in [4.78, 5) is 29.9.